The minimum atomic E-state index is -2.98. The van der Waals surface area contributed by atoms with E-state index in [1.165, 1.54) is 6.26 Å². The fourth-order valence-corrected chi connectivity index (χ4v) is 2.39. The van der Waals surface area contributed by atoms with Gasteiger partial charge >= 0.3 is 0 Å². The van der Waals surface area contributed by atoms with Crippen molar-refractivity contribution in [1.82, 2.24) is 9.97 Å². The Bertz CT molecular complexity index is 471. The van der Waals surface area contributed by atoms with Gasteiger partial charge in [-0.1, -0.05) is 0 Å². The molecule has 0 saturated carbocycles. The second-order valence-corrected chi connectivity index (χ2v) is 6.27. The summed E-state index contributed by atoms with van der Waals surface area (Å²) in [6.07, 6.45) is 2.90. The van der Waals surface area contributed by atoms with Crippen molar-refractivity contribution in [3.63, 3.8) is 0 Å². The lowest BCUT2D eigenvalue weighted by Crippen LogP contribution is -2.26. The summed E-state index contributed by atoms with van der Waals surface area (Å²) in [5, 5.41) is 3.05. The van der Waals surface area contributed by atoms with Crippen LogP contribution >= 0.6 is 0 Å². The fourth-order valence-electron chi connectivity index (χ4n) is 1.40. The predicted molar refractivity (Wildman–Crippen MR) is 64.3 cm³/mol. The number of aryl methyl sites for hydroxylation is 2. The van der Waals surface area contributed by atoms with Crippen LogP contribution in [0.1, 0.15) is 18.3 Å². The van der Waals surface area contributed by atoms with Gasteiger partial charge in [0.25, 0.3) is 0 Å². The van der Waals surface area contributed by atoms with E-state index >= 15 is 0 Å². The number of sulfone groups is 1. The van der Waals surface area contributed by atoms with E-state index in [4.69, 9.17) is 0 Å². The molecular weight excluding hydrogens is 226 g/mol. The standard InChI is InChI=1S/C10H17N3O2S/c1-7-5-11-9(3)10(12-7)13-8(2)6-16(4,14)15/h5,8H,6H2,1-4H3,(H,12,13). The molecule has 0 radical (unpaired) electrons. The van der Waals surface area contributed by atoms with Crippen LogP contribution in [0, 0.1) is 13.8 Å². The van der Waals surface area contributed by atoms with Crippen molar-refractivity contribution in [1.29, 1.82) is 0 Å². The Balaban J connectivity index is 2.77. The highest BCUT2D eigenvalue weighted by molar-refractivity contribution is 7.90. The average Bonchev–Trinajstić information content (AvgIpc) is 2.08. The highest BCUT2D eigenvalue weighted by Gasteiger charge is 2.12. The number of hydrogen-bond donors (Lipinski definition) is 1. The van der Waals surface area contributed by atoms with E-state index in [1.54, 1.807) is 6.20 Å². The molecule has 1 aromatic rings. The van der Waals surface area contributed by atoms with E-state index in [0.717, 1.165) is 11.4 Å². The highest BCUT2D eigenvalue weighted by atomic mass is 32.2. The van der Waals surface area contributed by atoms with Crippen LogP contribution in [0.15, 0.2) is 6.20 Å². The molecule has 0 bridgehead atoms. The summed E-state index contributed by atoms with van der Waals surface area (Å²) in [6.45, 7) is 5.49. The van der Waals surface area contributed by atoms with Crippen LogP contribution in [0.2, 0.25) is 0 Å². The first kappa shape index (κ1) is 12.9. The summed E-state index contributed by atoms with van der Waals surface area (Å²) in [4.78, 5) is 8.43. The Labute approximate surface area is 96.2 Å². The number of nitrogens with one attached hydrogen (secondary N) is 1. The van der Waals surface area contributed by atoms with Gasteiger partial charge < -0.3 is 5.32 Å². The van der Waals surface area contributed by atoms with E-state index in [9.17, 15) is 8.42 Å². The third kappa shape index (κ3) is 4.14. The molecule has 1 rings (SSSR count). The summed E-state index contributed by atoms with van der Waals surface area (Å²) in [6, 6.07) is -0.176. The number of rotatable bonds is 4. The van der Waals surface area contributed by atoms with Gasteiger partial charge in [-0.25, -0.2) is 13.4 Å². The zero-order valence-electron chi connectivity index (χ0n) is 9.98. The molecule has 0 aliphatic heterocycles. The van der Waals surface area contributed by atoms with Crippen molar-refractivity contribution in [3.8, 4) is 0 Å². The van der Waals surface area contributed by atoms with Crippen LogP contribution < -0.4 is 5.32 Å². The molecule has 0 aliphatic rings. The van der Waals surface area contributed by atoms with Crippen molar-refractivity contribution >= 4 is 15.7 Å². The Morgan fingerprint density at radius 1 is 1.44 bits per heavy atom. The molecular formula is C10H17N3O2S. The van der Waals surface area contributed by atoms with Gasteiger partial charge in [0.05, 0.1) is 17.1 Å². The molecule has 0 fully saturated rings. The van der Waals surface area contributed by atoms with Gasteiger partial charge in [-0.3, -0.25) is 4.98 Å². The van der Waals surface area contributed by atoms with Crippen molar-refractivity contribution in [2.45, 2.75) is 26.8 Å². The van der Waals surface area contributed by atoms with E-state index in [-0.39, 0.29) is 11.8 Å². The number of anilines is 1. The Hall–Kier alpha value is -1.17. The van der Waals surface area contributed by atoms with Crippen molar-refractivity contribution in [2.75, 3.05) is 17.3 Å². The second kappa shape index (κ2) is 4.78. The van der Waals surface area contributed by atoms with Crippen LogP contribution in [0.5, 0.6) is 0 Å². The molecule has 1 N–H and O–H groups in total. The third-order valence-corrected chi connectivity index (χ3v) is 3.12. The molecule has 0 amide bonds. The van der Waals surface area contributed by atoms with Gasteiger partial charge in [0, 0.05) is 18.5 Å². The second-order valence-electron chi connectivity index (χ2n) is 4.08. The summed E-state index contributed by atoms with van der Waals surface area (Å²) in [5.41, 5.74) is 1.57. The van der Waals surface area contributed by atoms with Crippen molar-refractivity contribution < 1.29 is 8.42 Å². The largest absolute Gasteiger partial charge is 0.365 e. The first-order valence-electron chi connectivity index (χ1n) is 5.02. The Kier molecular flexibility index (Phi) is 3.85. The molecule has 0 aliphatic carbocycles. The van der Waals surface area contributed by atoms with Gasteiger partial charge in [0.15, 0.2) is 0 Å². The van der Waals surface area contributed by atoms with Gasteiger partial charge in [-0.15, -0.1) is 0 Å². The Morgan fingerprint density at radius 2 is 2.06 bits per heavy atom. The zero-order valence-corrected chi connectivity index (χ0v) is 10.8. The van der Waals surface area contributed by atoms with E-state index in [1.807, 2.05) is 20.8 Å². The van der Waals surface area contributed by atoms with Crippen LogP contribution in [-0.4, -0.2) is 36.4 Å². The van der Waals surface area contributed by atoms with E-state index < -0.39 is 9.84 Å². The molecule has 90 valence electrons. The van der Waals surface area contributed by atoms with Crippen molar-refractivity contribution in [3.05, 3.63) is 17.6 Å². The summed E-state index contributed by atoms with van der Waals surface area (Å²) in [7, 11) is -2.98. The third-order valence-electron chi connectivity index (χ3n) is 2.01. The smallest absolute Gasteiger partial charge is 0.149 e. The number of nitrogens with zero attached hydrogens (tertiary/aromatic N) is 2. The molecule has 16 heavy (non-hydrogen) atoms. The average molecular weight is 243 g/mol. The molecule has 1 heterocycles. The molecule has 1 aromatic heterocycles. The molecule has 0 spiro atoms. The molecule has 1 unspecified atom stereocenters. The van der Waals surface area contributed by atoms with Gasteiger partial charge in [0.1, 0.15) is 15.7 Å². The zero-order chi connectivity index (χ0) is 12.3. The summed E-state index contributed by atoms with van der Waals surface area (Å²) < 4.78 is 22.2. The summed E-state index contributed by atoms with van der Waals surface area (Å²) >= 11 is 0. The first-order chi connectivity index (χ1) is 7.28. The minimum Gasteiger partial charge on any atom is -0.365 e. The topological polar surface area (TPSA) is 72.0 Å². The van der Waals surface area contributed by atoms with E-state index in [0.29, 0.717) is 5.82 Å². The van der Waals surface area contributed by atoms with Gasteiger partial charge in [-0.05, 0) is 20.8 Å². The highest BCUT2D eigenvalue weighted by Crippen LogP contribution is 2.10. The summed E-state index contributed by atoms with van der Waals surface area (Å²) in [5.74, 6) is 0.735. The van der Waals surface area contributed by atoms with Crippen LogP contribution in [0.4, 0.5) is 5.82 Å². The normalized spacial score (nSPS) is 13.5. The fraction of sp³-hybridized carbons (Fsp3) is 0.600. The lowest BCUT2D eigenvalue weighted by Gasteiger charge is -2.14. The van der Waals surface area contributed by atoms with Gasteiger partial charge in [-0.2, -0.15) is 0 Å². The first-order valence-corrected chi connectivity index (χ1v) is 7.08. The van der Waals surface area contributed by atoms with Crippen molar-refractivity contribution in [2.24, 2.45) is 0 Å². The van der Waals surface area contributed by atoms with Gasteiger partial charge in [0.2, 0.25) is 0 Å². The minimum absolute atomic E-state index is 0.0854. The lowest BCUT2D eigenvalue weighted by atomic mass is 10.3. The predicted octanol–water partition coefficient (Wildman–Crippen LogP) is 0.938. The quantitative estimate of drug-likeness (QED) is 0.852. The van der Waals surface area contributed by atoms with Crippen LogP contribution in [-0.2, 0) is 9.84 Å². The molecule has 6 heteroatoms. The maximum Gasteiger partial charge on any atom is 0.149 e. The number of aromatic nitrogens is 2. The maximum atomic E-state index is 11.1. The van der Waals surface area contributed by atoms with Crippen LogP contribution in [0.3, 0.4) is 0 Å². The van der Waals surface area contributed by atoms with Crippen LogP contribution in [0.25, 0.3) is 0 Å². The molecule has 1 atom stereocenters. The maximum absolute atomic E-state index is 11.1. The molecule has 0 saturated heterocycles. The monoisotopic (exact) mass is 243 g/mol. The molecule has 5 nitrogen and oxygen atoms in total. The number of hydrogen-bond acceptors (Lipinski definition) is 5. The Morgan fingerprint density at radius 3 is 2.62 bits per heavy atom. The van der Waals surface area contributed by atoms with E-state index in [2.05, 4.69) is 15.3 Å². The SMILES string of the molecule is Cc1cnc(C)c(NC(C)CS(C)(=O)=O)n1. The lowest BCUT2D eigenvalue weighted by molar-refractivity contribution is 0.598. The molecule has 0 aromatic carbocycles.